The van der Waals surface area contributed by atoms with E-state index in [4.69, 9.17) is 10.5 Å². The maximum Gasteiger partial charge on any atom is 0.411 e. The van der Waals surface area contributed by atoms with E-state index in [0.29, 0.717) is 12.0 Å². The molecule has 6 nitrogen and oxygen atoms in total. The number of allylic oxidation sites excluding steroid dienone is 4. The van der Waals surface area contributed by atoms with Crippen molar-refractivity contribution in [3.05, 3.63) is 35.3 Å². The molecular weight excluding hydrogens is 313 g/mol. The average molecular weight is 334 g/mol. The summed E-state index contributed by atoms with van der Waals surface area (Å²) in [6.45, 7) is 3.86. The number of ether oxygens (including phenoxy) is 1. The van der Waals surface area contributed by atoms with Crippen LogP contribution in [0.4, 0.5) is 18.0 Å². The van der Waals surface area contributed by atoms with Crippen LogP contribution in [-0.4, -0.2) is 30.1 Å². The van der Waals surface area contributed by atoms with Gasteiger partial charge in [0.1, 0.15) is 12.4 Å². The number of halogens is 3. The molecule has 9 heteroatoms. The van der Waals surface area contributed by atoms with Crippen LogP contribution < -0.4 is 16.5 Å². The Labute approximate surface area is 132 Å². The van der Waals surface area contributed by atoms with E-state index in [2.05, 4.69) is 10.7 Å². The fourth-order valence-corrected chi connectivity index (χ4v) is 1.97. The smallest absolute Gasteiger partial charge is 0.351 e. The molecule has 1 unspecified atom stereocenters. The fourth-order valence-electron chi connectivity index (χ4n) is 1.97. The number of primary amides is 1. The van der Waals surface area contributed by atoms with Gasteiger partial charge in [-0.2, -0.15) is 18.6 Å². The standard InChI is InChI=1S/C14H21F3N4O2/c1-4-6-7-10(5-2)21-11(19-13(18)22)9(3)12(20-21)23-8-14(15,16)17/h4,6-7,12,20H,5,8H2,1-3H3,(H3,18,19,22)/b6-4-,10-7+. The van der Waals surface area contributed by atoms with Crippen LogP contribution in [0.2, 0.25) is 0 Å². The predicted octanol–water partition coefficient (Wildman–Crippen LogP) is 2.48. The molecule has 0 saturated carbocycles. The number of carbonyl (C=O) groups is 1. The first-order valence-corrected chi connectivity index (χ1v) is 7.03. The summed E-state index contributed by atoms with van der Waals surface area (Å²) in [6, 6.07) is -0.816. The molecule has 0 aromatic heterocycles. The number of amides is 2. The third kappa shape index (κ3) is 5.61. The van der Waals surface area contributed by atoms with Gasteiger partial charge in [-0.1, -0.05) is 19.1 Å². The maximum absolute atomic E-state index is 12.3. The molecule has 0 bridgehead atoms. The number of nitrogens with two attached hydrogens (primary N) is 1. The molecule has 0 spiro atoms. The molecular formula is C14H21F3N4O2. The summed E-state index contributed by atoms with van der Waals surface area (Å²) in [5, 5.41) is 3.89. The molecule has 1 rings (SSSR count). The average Bonchev–Trinajstić information content (AvgIpc) is 2.74. The Balaban J connectivity index is 3.04. The molecule has 0 aromatic rings. The number of hydrazine groups is 1. The topological polar surface area (TPSA) is 79.6 Å². The summed E-state index contributed by atoms with van der Waals surface area (Å²) in [5.74, 6) is 0.266. The summed E-state index contributed by atoms with van der Waals surface area (Å²) in [7, 11) is 0. The van der Waals surface area contributed by atoms with E-state index >= 15 is 0 Å². The summed E-state index contributed by atoms with van der Waals surface area (Å²) >= 11 is 0. The normalized spacial score (nSPS) is 19.8. The van der Waals surface area contributed by atoms with E-state index in [1.807, 2.05) is 13.8 Å². The van der Waals surface area contributed by atoms with E-state index in [1.165, 1.54) is 5.01 Å². The van der Waals surface area contributed by atoms with Gasteiger partial charge in [-0.3, -0.25) is 10.3 Å². The van der Waals surface area contributed by atoms with Crippen LogP contribution in [0, 0.1) is 0 Å². The first-order valence-electron chi connectivity index (χ1n) is 7.03. The van der Waals surface area contributed by atoms with Crippen molar-refractivity contribution in [2.24, 2.45) is 5.73 Å². The first-order chi connectivity index (χ1) is 10.7. The Bertz CT molecular complexity index is 527. The van der Waals surface area contributed by atoms with Crippen molar-refractivity contribution in [1.82, 2.24) is 15.8 Å². The number of hydrogen-bond donors (Lipinski definition) is 3. The molecule has 1 aliphatic rings. The van der Waals surface area contributed by atoms with Gasteiger partial charge in [0.15, 0.2) is 6.23 Å². The number of carbonyl (C=O) groups excluding carboxylic acids is 1. The highest BCUT2D eigenvalue weighted by atomic mass is 19.4. The lowest BCUT2D eigenvalue weighted by atomic mass is 10.2. The molecule has 1 heterocycles. The second-order valence-corrected chi connectivity index (χ2v) is 4.83. The van der Waals surface area contributed by atoms with Gasteiger partial charge >= 0.3 is 12.2 Å². The number of hydrogen-bond acceptors (Lipinski definition) is 4. The molecule has 1 aliphatic heterocycles. The third-order valence-corrected chi connectivity index (χ3v) is 3.02. The van der Waals surface area contributed by atoms with Gasteiger partial charge in [0.25, 0.3) is 0 Å². The minimum atomic E-state index is -4.44. The molecule has 4 N–H and O–H groups in total. The van der Waals surface area contributed by atoms with Crippen LogP contribution in [0.1, 0.15) is 27.2 Å². The monoisotopic (exact) mass is 334 g/mol. The van der Waals surface area contributed by atoms with Gasteiger partial charge < -0.3 is 10.5 Å². The van der Waals surface area contributed by atoms with Gasteiger partial charge in [-0.25, -0.2) is 4.79 Å². The highest BCUT2D eigenvalue weighted by Gasteiger charge is 2.35. The summed E-state index contributed by atoms with van der Waals surface area (Å²) in [4.78, 5) is 11.2. The largest absolute Gasteiger partial charge is 0.411 e. The molecule has 0 saturated heterocycles. The molecule has 0 aromatic carbocycles. The first kappa shape index (κ1) is 19.0. The van der Waals surface area contributed by atoms with E-state index in [1.54, 1.807) is 25.2 Å². The van der Waals surface area contributed by atoms with E-state index in [0.717, 1.165) is 5.70 Å². The van der Waals surface area contributed by atoms with E-state index in [-0.39, 0.29) is 5.82 Å². The van der Waals surface area contributed by atoms with Gasteiger partial charge in [-0.15, -0.1) is 0 Å². The van der Waals surface area contributed by atoms with Crippen molar-refractivity contribution >= 4 is 6.03 Å². The highest BCUT2D eigenvalue weighted by molar-refractivity contribution is 5.74. The minimum absolute atomic E-state index is 0.266. The van der Waals surface area contributed by atoms with Gasteiger partial charge in [0.2, 0.25) is 0 Å². The third-order valence-electron chi connectivity index (χ3n) is 3.02. The van der Waals surface area contributed by atoms with Gasteiger partial charge in [0.05, 0.1) is 0 Å². The Morgan fingerprint density at radius 3 is 2.65 bits per heavy atom. The van der Waals surface area contributed by atoms with Crippen LogP contribution >= 0.6 is 0 Å². The zero-order valence-electron chi connectivity index (χ0n) is 13.2. The quantitative estimate of drug-likeness (QED) is 0.652. The maximum atomic E-state index is 12.3. The Kier molecular flexibility index (Phi) is 6.64. The molecule has 2 amide bonds. The highest BCUT2D eigenvalue weighted by Crippen LogP contribution is 2.26. The Morgan fingerprint density at radius 1 is 1.52 bits per heavy atom. The summed E-state index contributed by atoms with van der Waals surface area (Å²) in [6.07, 6.45) is 0.471. The van der Waals surface area contributed by atoms with Crippen LogP contribution in [0.25, 0.3) is 0 Å². The van der Waals surface area contributed by atoms with Crippen molar-refractivity contribution in [3.8, 4) is 0 Å². The van der Waals surface area contributed by atoms with Crippen LogP contribution in [0.5, 0.6) is 0 Å². The lowest BCUT2D eigenvalue weighted by Gasteiger charge is -2.25. The summed E-state index contributed by atoms with van der Waals surface area (Å²) < 4.78 is 41.9. The Morgan fingerprint density at radius 2 is 2.17 bits per heavy atom. The second-order valence-electron chi connectivity index (χ2n) is 4.83. The van der Waals surface area contributed by atoms with Crippen molar-refractivity contribution in [2.75, 3.05) is 6.61 Å². The SMILES string of the molecule is C/C=C\C=C(/CC)N1NC(OCC(F)(F)F)C(C)=C1NC(N)=O. The molecule has 23 heavy (non-hydrogen) atoms. The van der Waals surface area contributed by atoms with Crippen molar-refractivity contribution < 1.29 is 22.7 Å². The number of nitrogens with zero attached hydrogens (tertiary/aromatic N) is 1. The minimum Gasteiger partial charge on any atom is -0.351 e. The van der Waals surface area contributed by atoms with Gasteiger partial charge in [-0.05, 0) is 26.3 Å². The van der Waals surface area contributed by atoms with E-state index < -0.39 is 25.0 Å². The van der Waals surface area contributed by atoms with Crippen molar-refractivity contribution in [1.29, 1.82) is 0 Å². The van der Waals surface area contributed by atoms with Crippen LogP contribution in [0.3, 0.4) is 0 Å². The molecule has 130 valence electrons. The molecule has 0 aliphatic carbocycles. The summed E-state index contributed by atoms with van der Waals surface area (Å²) in [5.41, 5.74) is 9.05. The zero-order valence-corrected chi connectivity index (χ0v) is 13.2. The fraction of sp³-hybridized carbons (Fsp3) is 0.500. The van der Waals surface area contributed by atoms with Crippen LogP contribution in [0.15, 0.2) is 35.3 Å². The molecule has 0 radical (unpaired) electrons. The number of alkyl halides is 3. The molecule has 1 atom stereocenters. The number of urea groups is 1. The number of nitrogens with one attached hydrogen (secondary N) is 2. The number of rotatable bonds is 6. The van der Waals surface area contributed by atoms with E-state index in [9.17, 15) is 18.0 Å². The van der Waals surface area contributed by atoms with Crippen LogP contribution in [-0.2, 0) is 4.74 Å². The zero-order chi connectivity index (χ0) is 17.6. The van der Waals surface area contributed by atoms with Crippen molar-refractivity contribution in [3.63, 3.8) is 0 Å². The van der Waals surface area contributed by atoms with Gasteiger partial charge in [0, 0.05) is 11.3 Å². The predicted molar refractivity (Wildman–Crippen MR) is 79.4 cm³/mol. The second kappa shape index (κ2) is 8.02. The Hall–Kier alpha value is -2.00. The molecule has 0 fully saturated rings. The lowest BCUT2D eigenvalue weighted by Crippen LogP contribution is -2.43. The van der Waals surface area contributed by atoms with Crippen molar-refractivity contribution in [2.45, 2.75) is 39.6 Å². The lowest BCUT2D eigenvalue weighted by molar-refractivity contribution is -0.186.